The Hall–Kier alpha value is -2.55. The number of rotatable bonds is 2. The van der Waals surface area contributed by atoms with E-state index >= 15 is 0 Å². The molecule has 3 nitrogen and oxygen atoms in total. The number of H-pyrrole nitrogens is 1. The van der Waals surface area contributed by atoms with Crippen LogP contribution < -0.4 is 0 Å². The number of methoxy groups -OCH3 is 1. The van der Waals surface area contributed by atoms with Crippen molar-refractivity contribution >= 4 is 16.9 Å². The third-order valence-corrected chi connectivity index (χ3v) is 3.44. The summed E-state index contributed by atoms with van der Waals surface area (Å²) in [7, 11) is 1.41. The van der Waals surface area contributed by atoms with E-state index in [0.717, 1.165) is 22.2 Å². The van der Waals surface area contributed by atoms with E-state index < -0.39 is 0 Å². The second kappa shape index (κ2) is 4.85. The minimum atomic E-state index is -0.321. The van der Waals surface area contributed by atoms with E-state index in [2.05, 4.69) is 4.98 Å². The van der Waals surface area contributed by atoms with E-state index in [1.807, 2.05) is 55.5 Å². The number of ether oxygens (including phenoxy) is 1. The first-order valence-corrected chi connectivity index (χ1v) is 6.47. The van der Waals surface area contributed by atoms with Gasteiger partial charge in [-0.2, -0.15) is 0 Å². The van der Waals surface area contributed by atoms with Crippen LogP contribution in [0.4, 0.5) is 0 Å². The maximum Gasteiger partial charge on any atom is 0.340 e. The van der Waals surface area contributed by atoms with Gasteiger partial charge in [0.15, 0.2) is 0 Å². The lowest BCUT2D eigenvalue weighted by atomic mass is 10.0. The lowest BCUT2D eigenvalue weighted by Gasteiger charge is -2.04. The zero-order chi connectivity index (χ0) is 14.1. The molecular weight excluding hydrogens is 250 g/mol. The van der Waals surface area contributed by atoms with Crippen LogP contribution in [0.3, 0.4) is 0 Å². The number of carbonyl (C=O) groups is 1. The SMILES string of the molecule is COC(=O)c1c(-c2ccc(C)cc2)[nH]c2ccccc12. The van der Waals surface area contributed by atoms with Gasteiger partial charge >= 0.3 is 5.97 Å². The highest BCUT2D eigenvalue weighted by Crippen LogP contribution is 2.30. The van der Waals surface area contributed by atoms with E-state index in [-0.39, 0.29) is 5.97 Å². The minimum Gasteiger partial charge on any atom is -0.465 e. The Labute approximate surface area is 117 Å². The molecule has 1 N–H and O–H groups in total. The van der Waals surface area contributed by atoms with Crippen LogP contribution in [-0.2, 0) is 4.74 Å². The summed E-state index contributed by atoms with van der Waals surface area (Å²) in [5, 5.41) is 0.884. The molecule has 20 heavy (non-hydrogen) atoms. The molecule has 1 aromatic heterocycles. The van der Waals surface area contributed by atoms with Gasteiger partial charge in [-0.05, 0) is 18.6 Å². The Kier molecular flexibility index (Phi) is 3.03. The van der Waals surface area contributed by atoms with Gasteiger partial charge in [-0.15, -0.1) is 0 Å². The van der Waals surface area contributed by atoms with Gasteiger partial charge in [0, 0.05) is 10.9 Å². The number of esters is 1. The van der Waals surface area contributed by atoms with Crippen LogP contribution in [0.1, 0.15) is 15.9 Å². The molecule has 0 spiro atoms. The summed E-state index contributed by atoms with van der Waals surface area (Å²) in [5.41, 5.74) is 4.49. The van der Waals surface area contributed by atoms with Gasteiger partial charge in [0.05, 0.1) is 18.4 Å². The Bertz CT molecular complexity index is 769. The number of aryl methyl sites for hydroxylation is 1. The lowest BCUT2D eigenvalue weighted by Crippen LogP contribution is -2.02. The summed E-state index contributed by atoms with van der Waals surface area (Å²) in [6.07, 6.45) is 0. The average molecular weight is 265 g/mol. The van der Waals surface area contributed by atoms with Crippen molar-refractivity contribution in [3.63, 3.8) is 0 Å². The Morgan fingerprint density at radius 2 is 1.75 bits per heavy atom. The fraction of sp³-hybridized carbons (Fsp3) is 0.118. The maximum absolute atomic E-state index is 12.1. The zero-order valence-corrected chi connectivity index (χ0v) is 11.4. The molecule has 0 atom stereocenters. The summed E-state index contributed by atoms with van der Waals surface area (Å²) in [5.74, 6) is -0.321. The maximum atomic E-state index is 12.1. The summed E-state index contributed by atoms with van der Waals surface area (Å²) in [4.78, 5) is 15.4. The predicted molar refractivity (Wildman–Crippen MR) is 79.8 cm³/mol. The molecule has 100 valence electrons. The van der Waals surface area contributed by atoms with E-state index in [9.17, 15) is 4.79 Å². The molecule has 0 aliphatic heterocycles. The Morgan fingerprint density at radius 1 is 1.05 bits per heavy atom. The molecule has 0 aliphatic carbocycles. The molecule has 1 heterocycles. The number of nitrogens with one attached hydrogen (secondary N) is 1. The highest BCUT2D eigenvalue weighted by atomic mass is 16.5. The summed E-state index contributed by atoms with van der Waals surface area (Å²) >= 11 is 0. The van der Waals surface area contributed by atoms with Gasteiger partial charge in [-0.1, -0.05) is 48.0 Å². The molecule has 2 aromatic carbocycles. The predicted octanol–water partition coefficient (Wildman–Crippen LogP) is 3.93. The largest absolute Gasteiger partial charge is 0.465 e. The van der Waals surface area contributed by atoms with E-state index in [1.54, 1.807) is 0 Å². The quantitative estimate of drug-likeness (QED) is 0.713. The normalized spacial score (nSPS) is 10.7. The number of hydrogen-bond acceptors (Lipinski definition) is 2. The third kappa shape index (κ3) is 1.97. The standard InChI is InChI=1S/C17H15NO2/c1-11-7-9-12(10-8-11)16-15(17(19)20-2)13-5-3-4-6-14(13)18-16/h3-10,18H,1-2H3. The molecular formula is C17H15NO2. The van der Waals surface area contributed by atoms with Gasteiger partial charge in [0.1, 0.15) is 0 Å². The average Bonchev–Trinajstić information content (AvgIpc) is 2.86. The first-order chi connectivity index (χ1) is 9.70. The fourth-order valence-electron chi connectivity index (χ4n) is 2.39. The molecule has 0 unspecified atom stereocenters. The van der Waals surface area contributed by atoms with Crippen molar-refractivity contribution in [3.05, 3.63) is 59.7 Å². The van der Waals surface area contributed by atoms with E-state index in [4.69, 9.17) is 4.74 Å². The Balaban J connectivity index is 2.29. The zero-order valence-electron chi connectivity index (χ0n) is 11.4. The first-order valence-electron chi connectivity index (χ1n) is 6.47. The second-order valence-electron chi connectivity index (χ2n) is 4.78. The number of hydrogen-bond donors (Lipinski definition) is 1. The molecule has 0 amide bonds. The summed E-state index contributed by atoms with van der Waals surface area (Å²) in [6, 6.07) is 15.8. The van der Waals surface area contributed by atoms with Crippen LogP contribution in [0.2, 0.25) is 0 Å². The van der Waals surface area contributed by atoms with Crippen molar-refractivity contribution in [2.75, 3.05) is 7.11 Å². The number of aromatic amines is 1. The van der Waals surface area contributed by atoms with Crippen molar-refractivity contribution < 1.29 is 9.53 Å². The minimum absolute atomic E-state index is 0.321. The van der Waals surface area contributed by atoms with Crippen LogP contribution in [0.15, 0.2) is 48.5 Å². The molecule has 0 aliphatic rings. The van der Waals surface area contributed by atoms with Crippen LogP contribution in [0, 0.1) is 6.92 Å². The highest BCUT2D eigenvalue weighted by Gasteiger charge is 2.19. The van der Waals surface area contributed by atoms with Crippen molar-refractivity contribution in [1.82, 2.24) is 4.98 Å². The van der Waals surface area contributed by atoms with Crippen LogP contribution >= 0.6 is 0 Å². The molecule has 0 bridgehead atoms. The van der Waals surface area contributed by atoms with Crippen LogP contribution in [-0.4, -0.2) is 18.1 Å². The highest BCUT2D eigenvalue weighted by molar-refractivity contribution is 6.10. The molecule has 3 rings (SSSR count). The lowest BCUT2D eigenvalue weighted by molar-refractivity contribution is 0.0604. The smallest absolute Gasteiger partial charge is 0.340 e. The number of benzene rings is 2. The van der Waals surface area contributed by atoms with Crippen molar-refractivity contribution in [2.45, 2.75) is 6.92 Å². The van der Waals surface area contributed by atoms with Gasteiger partial charge in [-0.3, -0.25) is 0 Å². The van der Waals surface area contributed by atoms with Crippen molar-refractivity contribution in [2.24, 2.45) is 0 Å². The third-order valence-electron chi connectivity index (χ3n) is 3.44. The van der Waals surface area contributed by atoms with Crippen molar-refractivity contribution in [3.8, 4) is 11.3 Å². The number of fused-ring (bicyclic) bond motifs is 1. The second-order valence-corrected chi connectivity index (χ2v) is 4.78. The van der Waals surface area contributed by atoms with Gasteiger partial charge in [-0.25, -0.2) is 4.79 Å². The fourth-order valence-corrected chi connectivity index (χ4v) is 2.39. The monoisotopic (exact) mass is 265 g/mol. The Morgan fingerprint density at radius 3 is 2.45 bits per heavy atom. The summed E-state index contributed by atoms with van der Waals surface area (Å²) < 4.78 is 4.93. The van der Waals surface area contributed by atoms with Gasteiger partial charge in [0.25, 0.3) is 0 Å². The molecule has 0 radical (unpaired) electrons. The molecule has 3 heteroatoms. The summed E-state index contributed by atoms with van der Waals surface area (Å²) in [6.45, 7) is 2.04. The van der Waals surface area contributed by atoms with E-state index in [0.29, 0.717) is 5.56 Å². The molecule has 0 saturated heterocycles. The van der Waals surface area contributed by atoms with Gasteiger partial charge < -0.3 is 9.72 Å². The first kappa shape index (κ1) is 12.5. The number of carbonyl (C=O) groups excluding carboxylic acids is 1. The topological polar surface area (TPSA) is 42.1 Å². The number of para-hydroxylation sites is 1. The van der Waals surface area contributed by atoms with E-state index in [1.165, 1.54) is 12.7 Å². The molecule has 3 aromatic rings. The number of aromatic nitrogens is 1. The molecule has 0 saturated carbocycles. The van der Waals surface area contributed by atoms with Crippen LogP contribution in [0.5, 0.6) is 0 Å². The molecule has 0 fully saturated rings. The van der Waals surface area contributed by atoms with Gasteiger partial charge in [0.2, 0.25) is 0 Å². The van der Waals surface area contributed by atoms with Crippen molar-refractivity contribution in [1.29, 1.82) is 0 Å². The van der Waals surface area contributed by atoms with Crippen LogP contribution in [0.25, 0.3) is 22.2 Å².